The molecule has 0 radical (unpaired) electrons. The lowest BCUT2D eigenvalue weighted by Gasteiger charge is -2.25. The quantitative estimate of drug-likeness (QED) is 0.475. The van der Waals surface area contributed by atoms with Gasteiger partial charge in [-0.15, -0.1) is 0 Å². The van der Waals surface area contributed by atoms with Gasteiger partial charge in [-0.25, -0.2) is 4.99 Å². The van der Waals surface area contributed by atoms with Crippen molar-refractivity contribution in [3.8, 4) is 0 Å². The van der Waals surface area contributed by atoms with Gasteiger partial charge in [-0.3, -0.25) is 19.1 Å². The highest BCUT2D eigenvalue weighted by molar-refractivity contribution is 7.07. The molecule has 0 unspecified atom stereocenters. The standard InChI is InChI=1S/C26H19ClN4O2S/c1-16-22(24(32)30-20-5-3-2-4-6-20)23(18-7-9-19(27)10-8-18)31-25(33)21(34-26(31)29-16)15-17-11-13-28-14-12-17/h2-15,23H,1H3,(H,30,32)/t23-/m0/s1. The number of benzene rings is 2. The van der Waals surface area contributed by atoms with Crippen LogP contribution in [0.1, 0.15) is 24.1 Å². The Morgan fingerprint density at radius 1 is 1.06 bits per heavy atom. The van der Waals surface area contributed by atoms with Crippen molar-refractivity contribution < 1.29 is 4.79 Å². The number of halogens is 1. The summed E-state index contributed by atoms with van der Waals surface area (Å²) in [4.78, 5) is 36.3. The molecule has 1 aliphatic heterocycles. The Kier molecular flexibility index (Phi) is 5.96. The maximum atomic E-state index is 13.6. The molecule has 0 saturated heterocycles. The fourth-order valence-corrected chi connectivity index (χ4v) is 5.08. The SMILES string of the molecule is CC1=C(C(=O)Nc2ccccc2)[C@H](c2ccc(Cl)cc2)n2c(sc(=Cc3ccncc3)c2=O)=N1. The number of allylic oxidation sites excluding steroid dienone is 1. The number of rotatable bonds is 4. The third kappa shape index (κ3) is 4.23. The Labute approximate surface area is 204 Å². The van der Waals surface area contributed by atoms with E-state index in [4.69, 9.17) is 11.6 Å². The number of carbonyl (C=O) groups excluding carboxylic acids is 1. The third-order valence-electron chi connectivity index (χ3n) is 5.49. The average molecular weight is 487 g/mol. The monoisotopic (exact) mass is 486 g/mol. The number of anilines is 1. The molecule has 5 rings (SSSR count). The fraction of sp³-hybridized carbons (Fsp3) is 0.0769. The summed E-state index contributed by atoms with van der Waals surface area (Å²) < 4.78 is 2.12. The Bertz CT molecular complexity index is 1570. The minimum atomic E-state index is -0.642. The van der Waals surface area contributed by atoms with Gasteiger partial charge in [0.15, 0.2) is 4.80 Å². The van der Waals surface area contributed by atoms with Crippen LogP contribution in [0, 0.1) is 0 Å². The van der Waals surface area contributed by atoms with Crippen LogP contribution in [0.4, 0.5) is 5.69 Å². The largest absolute Gasteiger partial charge is 0.322 e. The number of fused-ring (bicyclic) bond motifs is 1. The Hall–Kier alpha value is -3.81. The number of nitrogens with zero attached hydrogens (tertiary/aromatic N) is 3. The van der Waals surface area contributed by atoms with E-state index in [0.29, 0.717) is 31.3 Å². The first kappa shape index (κ1) is 22.0. The summed E-state index contributed by atoms with van der Waals surface area (Å²) in [7, 11) is 0. The molecule has 0 aliphatic carbocycles. The highest BCUT2D eigenvalue weighted by Crippen LogP contribution is 2.31. The number of carbonyl (C=O) groups is 1. The number of amides is 1. The maximum Gasteiger partial charge on any atom is 0.271 e. The van der Waals surface area contributed by atoms with E-state index in [0.717, 1.165) is 11.1 Å². The van der Waals surface area contributed by atoms with Crippen molar-refractivity contribution in [2.24, 2.45) is 4.99 Å². The van der Waals surface area contributed by atoms with E-state index < -0.39 is 6.04 Å². The molecule has 0 spiro atoms. The highest BCUT2D eigenvalue weighted by atomic mass is 35.5. The van der Waals surface area contributed by atoms with E-state index in [-0.39, 0.29) is 11.5 Å². The van der Waals surface area contributed by atoms with Crippen LogP contribution in [0.3, 0.4) is 0 Å². The molecule has 2 aromatic carbocycles. The van der Waals surface area contributed by atoms with E-state index in [1.807, 2.05) is 60.7 Å². The molecule has 8 heteroatoms. The zero-order valence-electron chi connectivity index (χ0n) is 18.1. The summed E-state index contributed by atoms with van der Waals surface area (Å²) in [5, 5.41) is 3.51. The molecule has 1 N–H and O–H groups in total. The molecule has 0 fully saturated rings. The van der Waals surface area contributed by atoms with Crippen LogP contribution >= 0.6 is 22.9 Å². The van der Waals surface area contributed by atoms with E-state index in [1.54, 1.807) is 36.0 Å². The number of para-hydroxylation sites is 1. The number of pyridine rings is 1. The predicted octanol–water partition coefficient (Wildman–Crippen LogP) is 3.92. The van der Waals surface area contributed by atoms with Crippen molar-refractivity contribution >= 4 is 40.6 Å². The summed E-state index contributed by atoms with van der Waals surface area (Å²) >= 11 is 7.42. The van der Waals surface area contributed by atoms with Crippen LogP contribution in [0.2, 0.25) is 5.02 Å². The van der Waals surface area contributed by atoms with Gasteiger partial charge in [-0.1, -0.05) is 53.3 Å². The summed E-state index contributed by atoms with van der Waals surface area (Å²) in [6, 6.07) is 19.4. The summed E-state index contributed by atoms with van der Waals surface area (Å²) in [5.74, 6) is -0.309. The van der Waals surface area contributed by atoms with Crippen molar-refractivity contribution in [3.05, 3.63) is 126 Å². The number of hydrogen-bond acceptors (Lipinski definition) is 5. The minimum Gasteiger partial charge on any atom is -0.322 e. The molecular weight excluding hydrogens is 468 g/mol. The number of hydrogen-bond donors (Lipinski definition) is 1. The molecule has 1 atom stereocenters. The maximum absolute atomic E-state index is 13.6. The summed E-state index contributed by atoms with van der Waals surface area (Å²) in [6.45, 7) is 1.79. The topological polar surface area (TPSA) is 76.3 Å². The van der Waals surface area contributed by atoms with Gasteiger partial charge >= 0.3 is 0 Å². The second-order valence-corrected chi connectivity index (χ2v) is 9.18. The molecule has 34 heavy (non-hydrogen) atoms. The van der Waals surface area contributed by atoms with Gasteiger partial charge in [0.1, 0.15) is 0 Å². The number of nitrogens with one attached hydrogen (secondary N) is 1. The molecule has 1 amide bonds. The lowest BCUT2D eigenvalue weighted by Crippen LogP contribution is -2.40. The van der Waals surface area contributed by atoms with Gasteiger partial charge in [0.25, 0.3) is 11.5 Å². The smallest absolute Gasteiger partial charge is 0.271 e. The first-order valence-electron chi connectivity index (χ1n) is 10.6. The number of thiazole rings is 1. The van der Waals surface area contributed by atoms with E-state index in [2.05, 4.69) is 15.3 Å². The van der Waals surface area contributed by atoms with Gasteiger partial charge in [-0.05, 0) is 60.5 Å². The average Bonchev–Trinajstić information content (AvgIpc) is 3.14. The summed E-state index contributed by atoms with van der Waals surface area (Å²) in [5.41, 5.74) is 3.06. The van der Waals surface area contributed by atoms with Crippen LogP contribution in [-0.4, -0.2) is 15.5 Å². The van der Waals surface area contributed by atoms with Crippen molar-refractivity contribution in [1.29, 1.82) is 0 Å². The van der Waals surface area contributed by atoms with Crippen molar-refractivity contribution in [2.45, 2.75) is 13.0 Å². The van der Waals surface area contributed by atoms with E-state index in [1.165, 1.54) is 11.3 Å². The van der Waals surface area contributed by atoms with Crippen molar-refractivity contribution in [2.75, 3.05) is 5.32 Å². The predicted molar refractivity (Wildman–Crippen MR) is 135 cm³/mol. The Balaban J connectivity index is 1.68. The van der Waals surface area contributed by atoms with Crippen LogP contribution < -0.4 is 20.2 Å². The highest BCUT2D eigenvalue weighted by Gasteiger charge is 2.32. The zero-order valence-corrected chi connectivity index (χ0v) is 19.7. The van der Waals surface area contributed by atoms with Crippen LogP contribution in [0.5, 0.6) is 0 Å². The minimum absolute atomic E-state index is 0.210. The lowest BCUT2D eigenvalue weighted by molar-refractivity contribution is -0.113. The van der Waals surface area contributed by atoms with Crippen LogP contribution in [0.15, 0.2) is 100 Å². The first-order chi connectivity index (χ1) is 16.5. The second kappa shape index (κ2) is 9.21. The fourth-order valence-electron chi connectivity index (χ4n) is 3.90. The molecule has 6 nitrogen and oxygen atoms in total. The van der Waals surface area contributed by atoms with Gasteiger partial charge in [-0.2, -0.15) is 0 Å². The van der Waals surface area contributed by atoms with Crippen LogP contribution in [-0.2, 0) is 4.79 Å². The third-order valence-corrected chi connectivity index (χ3v) is 6.72. The molecule has 2 aromatic heterocycles. The second-order valence-electron chi connectivity index (χ2n) is 7.73. The van der Waals surface area contributed by atoms with E-state index >= 15 is 0 Å². The molecule has 0 saturated carbocycles. The van der Waals surface area contributed by atoms with E-state index in [9.17, 15) is 9.59 Å². The molecular formula is C26H19ClN4O2S. The molecule has 0 bridgehead atoms. The van der Waals surface area contributed by atoms with Crippen molar-refractivity contribution in [1.82, 2.24) is 9.55 Å². The Morgan fingerprint density at radius 2 is 1.76 bits per heavy atom. The molecule has 168 valence electrons. The van der Waals surface area contributed by atoms with Crippen molar-refractivity contribution in [3.63, 3.8) is 0 Å². The molecule has 1 aliphatic rings. The summed E-state index contributed by atoms with van der Waals surface area (Å²) in [6.07, 6.45) is 5.17. The Morgan fingerprint density at radius 3 is 2.47 bits per heavy atom. The lowest BCUT2D eigenvalue weighted by atomic mass is 9.95. The van der Waals surface area contributed by atoms with Gasteiger partial charge in [0.05, 0.1) is 21.8 Å². The molecule has 3 heterocycles. The molecule has 4 aromatic rings. The number of aromatic nitrogens is 2. The normalized spacial score (nSPS) is 15.6. The van der Waals surface area contributed by atoms with Crippen LogP contribution in [0.25, 0.3) is 6.08 Å². The van der Waals surface area contributed by atoms with Gasteiger partial charge in [0.2, 0.25) is 0 Å². The zero-order chi connectivity index (χ0) is 23.7. The first-order valence-corrected chi connectivity index (χ1v) is 11.7. The van der Waals surface area contributed by atoms with Gasteiger partial charge < -0.3 is 5.32 Å². The van der Waals surface area contributed by atoms with Gasteiger partial charge in [0, 0.05) is 23.1 Å².